The molecule has 0 saturated heterocycles. The summed E-state index contributed by atoms with van der Waals surface area (Å²) < 4.78 is 5.48. The average Bonchev–Trinajstić information content (AvgIpc) is 3.17. The molecular formula is C22H16N4O2. The molecule has 5 aromatic rings. The number of imidazole rings is 1. The molecule has 0 radical (unpaired) electrons. The quantitative estimate of drug-likeness (QED) is 0.501. The first-order valence-corrected chi connectivity index (χ1v) is 8.84. The van der Waals surface area contributed by atoms with Crippen LogP contribution in [-0.4, -0.2) is 27.0 Å². The molecule has 2 aromatic carbocycles. The molecule has 3 aromatic heterocycles. The molecule has 0 aliphatic heterocycles. The van der Waals surface area contributed by atoms with E-state index in [1.807, 2.05) is 60.7 Å². The highest BCUT2D eigenvalue weighted by Crippen LogP contribution is 2.31. The third kappa shape index (κ3) is 2.63. The Morgan fingerprint density at radius 3 is 2.68 bits per heavy atom. The molecule has 0 fully saturated rings. The average molecular weight is 368 g/mol. The number of benzene rings is 2. The molecule has 6 nitrogen and oxygen atoms in total. The number of methoxy groups -OCH3 is 1. The number of aromatic nitrogens is 4. The fourth-order valence-corrected chi connectivity index (χ4v) is 3.40. The zero-order valence-electron chi connectivity index (χ0n) is 15.1. The van der Waals surface area contributed by atoms with Crippen LogP contribution in [0, 0.1) is 0 Å². The lowest BCUT2D eigenvalue weighted by Gasteiger charge is -2.09. The van der Waals surface area contributed by atoms with Crippen LogP contribution in [-0.2, 0) is 0 Å². The molecule has 3 heterocycles. The molecule has 6 heteroatoms. The van der Waals surface area contributed by atoms with Gasteiger partial charge in [0.2, 0.25) is 0 Å². The van der Waals surface area contributed by atoms with Gasteiger partial charge in [0.1, 0.15) is 17.1 Å². The van der Waals surface area contributed by atoms with Crippen LogP contribution < -0.4 is 10.3 Å². The van der Waals surface area contributed by atoms with Gasteiger partial charge < -0.3 is 14.7 Å². The highest BCUT2D eigenvalue weighted by atomic mass is 16.5. The Kier molecular flexibility index (Phi) is 3.69. The van der Waals surface area contributed by atoms with Crippen molar-refractivity contribution in [1.82, 2.24) is 19.9 Å². The maximum Gasteiger partial charge on any atom is 0.259 e. The lowest BCUT2D eigenvalue weighted by molar-refractivity contribution is 0.416. The first-order chi connectivity index (χ1) is 13.7. The number of hydrogen-bond acceptors (Lipinski definition) is 4. The summed E-state index contributed by atoms with van der Waals surface area (Å²) in [6.45, 7) is 0. The van der Waals surface area contributed by atoms with Gasteiger partial charge >= 0.3 is 0 Å². The summed E-state index contributed by atoms with van der Waals surface area (Å²) in [5, 5.41) is 0.909. The molecule has 0 aliphatic carbocycles. The number of H-pyrrole nitrogens is 2. The predicted molar refractivity (Wildman–Crippen MR) is 109 cm³/mol. The van der Waals surface area contributed by atoms with Crippen LogP contribution in [0.15, 0.2) is 71.7 Å². The predicted octanol–water partition coefficient (Wildman–Crippen LogP) is 4.14. The van der Waals surface area contributed by atoms with Gasteiger partial charge in [-0.05, 0) is 47.3 Å². The van der Waals surface area contributed by atoms with E-state index in [-0.39, 0.29) is 5.56 Å². The van der Waals surface area contributed by atoms with Gasteiger partial charge in [-0.25, -0.2) is 9.97 Å². The van der Waals surface area contributed by atoms with Crippen molar-refractivity contribution in [1.29, 1.82) is 0 Å². The van der Waals surface area contributed by atoms with Crippen LogP contribution in [0.25, 0.3) is 44.6 Å². The van der Waals surface area contributed by atoms with Crippen molar-refractivity contribution in [2.75, 3.05) is 7.11 Å². The first-order valence-electron chi connectivity index (χ1n) is 8.84. The van der Waals surface area contributed by atoms with Crippen LogP contribution in [0.4, 0.5) is 0 Å². The topological polar surface area (TPSA) is 83.7 Å². The maximum absolute atomic E-state index is 12.6. The summed E-state index contributed by atoms with van der Waals surface area (Å²) in [5.41, 5.74) is 4.42. The van der Waals surface area contributed by atoms with E-state index in [9.17, 15) is 4.79 Å². The van der Waals surface area contributed by atoms with Crippen molar-refractivity contribution in [3.63, 3.8) is 0 Å². The Bertz CT molecular complexity index is 1350. The smallest absolute Gasteiger partial charge is 0.259 e. The van der Waals surface area contributed by atoms with Gasteiger partial charge in [-0.3, -0.25) is 4.79 Å². The zero-order valence-corrected chi connectivity index (χ0v) is 15.1. The third-order valence-corrected chi connectivity index (χ3v) is 4.77. The minimum Gasteiger partial charge on any atom is -0.496 e. The fourth-order valence-electron chi connectivity index (χ4n) is 3.40. The number of nitrogens with zero attached hydrogens (tertiary/aromatic N) is 2. The van der Waals surface area contributed by atoms with Crippen molar-refractivity contribution in [2.24, 2.45) is 0 Å². The van der Waals surface area contributed by atoms with Gasteiger partial charge in [-0.1, -0.05) is 24.3 Å². The maximum atomic E-state index is 12.6. The highest BCUT2D eigenvalue weighted by Gasteiger charge is 2.12. The molecular weight excluding hydrogens is 352 g/mol. The number of rotatable bonds is 3. The molecule has 136 valence electrons. The number of fused-ring (bicyclic) bond motifs is 2. The van der Waals surface area contributed by atoms with Crippen molar-refractivity contribution in [3.05, 3.63) is 77.2 Å². The van der Waals surface area contributed by atoms with E-state index in [1.165, 1.54) is 0 Å². The Morgan fingerprint density at radius 2 is 1.82 bits per heavy atom. The van der Waals surface area contributed by atoms with Crippen LogP contribution >= 0.6 is 0 Å². The highest BCUT2D eigenvalue weighted by molar-refractivity contribution is 5.88. The Hall–Kier alpha value is -3.93. The minimum atomic E-state index is -0.198. The van der Waals surface area contributed by atoms with Crippen molar-refractivity contribution < 1.29 is 4.74 Å². The van der Waals surface area contributed by atoms with E-state index in [2.05, 4.69) is 19.9 Å². The Labute approximate surface area is 159 Å². The summed E-state index contributed by atoms with van der Waals surface area (Å²) in [4.78, 5) is 27.4. The lowest BCUT2D eigenvalue weighted by Crippen LogP contribution is -2.09. The van der Waals surface area contributed by atoms with E-state index in [4.69, 9.17) is 4.74 Å². The molecule has 0 unspecified atom stereocenters. The van der Waals surface area contributed by atoms with Gasteiger partial charge in [0.15, 0.2) is 5.65 Å². The second-order valence-electron chi connectivity index (χ2n) is 6.47. The second-order valence-corrected chi connectivity index (χ2v) is 6.47. The monoisotopic (exact) mass is 368 g/mol. The van der Waals surface area contributed by atoms with E-state index < -0.39 is 0 Å². The normalized spacial score (nSPS) is 11.2. The first kappa shape index (κ1) is 16.3. The summed E-state index contributed by atoms with van der Waals surface area (Å²) in [6.07, 6.45) is 1.69. The zero-order chi connectivity index (χ0) is 19.1. The summed E-state index contributed by atoms with van der Waals surface area (Å²) in [7, 11) is 1.66. The van der Waals surface area contributed by atoms with Crippen molar-refractivity contribution in [3.8, 4) is 28.3 Å². The summed E-state index contributed by atoms with van der Waals surface area (Å²) >= 11 is 0. The van der Waals surface area contributed by atoms with E-state index >= 15 is 0 Å². The molecule has 0 bridgehead atoms. The van der Waals surface area contributed by atoms with Crippen LogP contribution in [0.5, 0.6) is 5.75 Å². The van der Waals surface area contributed by atoms with Crippen LogP contribution in [0.2, 0.25) is 0 Å². The fraction of sp³-hybridized carbons (Fsp3) is 0.0455. The molecule has 2 N–H and O–H groups in total. The van der Waals surface area contributed by atoms with Gasteiger partial charge in [0.25, 0.3) is 5.56 Å². The summed E-state index contributed by atoms with van der Waals surface area (Å²) in [5.74, 6) is 1.30. The van der Waals surface area contributed by atoms with Crippen LogP contribution in [0.1, 0.15) is 0 Å². The molecule has 0 atom stereocenters. The molecule has 5 rings (SSSR count). The number of hydrogen-bond donors (Lipinski definition) is 2. The number of ether oxygens (including phenoxy) is 1. The van der Waals surface area contributed by atoms with E-state index in [0.717, 1.165) is 33.3 Å². The molecule has 0 saturated carbocycles. The Morgan fingerprint density at radius 1 is 0.929 bits per heavy atom. The number of pyridine rings is 2. The standard InChI is InChI=1S/C22H16N4O2/c1-28-19-7-3-2-5-15(19)13-8-9-17-14(11-13)12-16(22(27)25-17)20-24-18-6-4-10-23-21(18)26-20/h2-12H,1H3,(H,25,27)(H,23,24,26). The second kappa shape index (κ2) is 6.35. The van der Waals surface area contributed by atoms with Gasteiger partial charge in [-0.15, -0.1) is 0 Å². The van der Waals surface area contributed by atoms with Gasteiger partial charge in [-0.2, -0.15) is 0 Å². The van der Waals surface area contributed by atoms with Crippen molar-refractivity contribution >= 4 is 22.1 Å². The Balaban J connectivity index is 1.69. The third-order valence-electron chi connectivity index (χ3n) is 4.77. The molecule has 28 heavy (non-hydrogen) atoms. The summed E-state index contributed by atoms with van der Waals surface area (Å²) in [6, 6.07) is 19.3. The molecule has 0 spiro atoms. The van der Waals surface area contributed by atoms with Gasteiger partial charge in [0.05, 0.1) is 12.7 Å². The number of nitrogens with one attached hydrogen (secondary N) is 2. The number of para-hydroxylation sites is 1. The molecule has 0 amide bonds. The lowest BCUT2D eigenvalue weighted by atomic mass is 10.0. The molecule has 0 aliphatic rings. The SMILES string of the molecule is COc1ccccc1-c1ccc2[nH]c(=O)c(-c3nc4cccnc4[nH]3)cc2c1. The van der Waals surface area contributed by atoms with Crippen molar-refractivity contribution in [2.45, 2.75) is 0 Å². The van der Waals surface area contributed by atoms with E-state index in [0.29, 0.717) is 17.0 Å². The largest absolute Gasteiger partial charge is 0.496 e. The van der Waals surface area contributed by atoms with Gasteiger partial charge in [0, 0.05) is 17.3 Å². The van der Waals surface area contributed by atoms with Crippen LogP contribution in [0.3, 0.4) is 0 Å². The number of aromatic amines is 2. The minimum absolute atomic E-state index is 0.198. The van der Waals surface area contributed by atoms with E-state index in [1.54, 1.807) is 13.3 Å².